The van der Waals surface area contributed by atoms with Crippen LogP contribution in [0, 0.1) is 18.8 Å². The lowest BCUT2D eigenvalue weighted by Gasteiger charge is -2.25. The molecule has 1 aliphatic heterocycles. The molecule has 8 nitrogen and oxygen atoms in total. The molecule has 32 heavy (non-hydrogen) atoms. The molecule has 1 aliphatic rings. The second kappa shape index (κ2) is 9.53. The van der Waals surface area contributed by atoms with Crippen molar-refractivity contribution >= 4 is 28.8 Å². The summed E-state index contributed by atoms with van der Waals surface area (Å²) in [7, 11) is 0. The highest BCUT2D eigenvalue weighted by molar-refractivity contribution is 7.09. The lowest BCUT2D eigenvalue weighted by Crippen LogP contribution is -2.26. The summed E-state index contributed by atoms with van der Waals surface area (Å²) in [5.41, 5.74) is 6.71. The molecule has 3 aromatic rings. The monoisotopic (exact) mass is 451 g/mol. The van der Waals surface area contributed by atoms with Gasteiger partial charge in [0.2, 0.25) is 5.95 Å². The lowest BCUT2D eigenvalue weighted by atomic mass is 10.1. The molecule has 1 aromatic carbocycles. The number of ether oxygens (including phenoxy) is 2. The smallest absolute Gasteiger partial charge is 0.221 e. The number of aromatic nitrogens is 3. The molecule has 0 aliphatic carbocycles. The van der Waals surface area contributed by atoms with Crippen LogP contribution in [-0.4, -0.2) is 39.4 Å². The maximum absolute atomic E-state index is 10.7. The minimum Gasteiger partial charge on any atom is -0.488 e. The van der Waals surface area contributed by atoms with E-state index >= 15 is 0 Å². The number of nitrogen functional groups attached to an aromatic ring is 1. The third-order valence-electron chi connectivity index (χ3n) is 4.98. The Bertz CT molecular complexity index is 1130. The van der Waals surface area contributed by atoms with Gasteiger partial charge in [0.25, 0.3) is 0 Å². The summed E-state index contributed by atoms with van der Waals surface area (Å²) >= 11 is 1.36. The van der Waals surface area contributed by atoms with Crippen molar-refractivity contribution in [2.75, 3.05) is 24.3 Å². The van der Waals surface area contributed by atoms with Crippen LogP contribution in [0.1, 0.15) is 35.9 Å². The predicted octanol–water partition coefficient (Wildman–Crippen LogP) is 3.38. The third kappa shape index (κ3) is 5.34. The first kappa shape index (κ1) is 22.0. The molecule has 0 bridgehead atoms. The summed E-state index contributed by atoms with van der Waals surface area (Å²) < 4.78 is 11.7. The molecule has 0 radical (unpaired) electrons. The predicted molar refractivity (Wildman–Crippen MR) is 124 cm³/mol. The zero-order chi connectivity index (χ0) is 22.6. The SMILES string of the molecule is Cc1cnc(N)nc1Nc1cc(C#CC(C)(O)c2nccs2)ccc1OC1CCOCC1. The molecule has 0 amide bonds. The highest BCUT2D eigenvalue weighted by Crippen LogP contribution is 2.32. The molecule has 0 saturated carbocycles. The van der Waals surface area contributed by atoms with E-state index < -0.39 is 5.60 Å². The van der Waals surface area contributed by atoms with Gasteiger partial charge in [0.1, 0.15) is 22.7 Å². The average Bonchev–Trinajstić information content (AvgIpc) is 3.33. The Morgan fingerprint density at radius 2 is 2.12 bits per heavy atom. The third-order valence-corrected chi connectivity index (χ3v) is 5.97. The van der Waals surface area contributed by atoms with Crippen molar-refractivity contribution in [2.45, 2.75) is 38.4 Å². The minimum atomic E-state index is -1.34. The van der Waals surface area contributed by atoms with E-state index in [0.29, 0.717) is 41.0 Å². The molecule has 1 atom stereocenters. The van der Waals surface area contributed by atoms with Crippen LogP contribution in [0.15, 0.2) is 36.0 Å². The number of benzene rings is 1. The van der Waals surface area contributed by atoms with E-state index in [-0.39, 0.29) is 12.1 Å². The number of hydrogen-bond acceptors (Lipinski definition) is 9. The van der Waals surface area contributed by atoms with Crippen molar-refractivity contribution in [3.8, 4) is 17.6 Å². The van der Waals surface area contributed by atoms with Crippen molar-refractivity contribution in [2.24, 2.45) is 0 Å². The van der Waals surface area contributed by atoms with Crippen LogP contribution < -0.4 is 15.8 Å². The van der Waals surface area contributed by atoms with E-state index in [9.17, 15) is 5.11 Å². The summed E-state index contributed by atoms with van der Waals surface area (Å²) in [6.07, 6.45) is 5.05. The van der Waals surface area contributed by atoms with Gasteiger partial charge in [0.05, 0.1) is 18.9 Å². The Morgan fingerprint density at radius 3 is 2.88 bits per heavy atom. The summed E-state index contributed by atoms with van der Waals surface area (Å²) in [5.74, 6) is 7.42. The lowest BCUT2D eigenvalue weighted by molar-refractivity contribution is 0.0258. The van der Waals surface area contributed by atoms with Crippen molar-refractivity contribution in [1.82, 2.24) is 15.0 Å². The van der Waals surface area contributed by atoms with Crippen LogP contribution in [0.4, 0.5) is 17.5 Å². The van der Waals surface area contributed by atoms with Crippen LogP contribution in [0.3, 0.4) is 0 Å². The van der Waals surface area contributed by atoms with Gasteiger partial charge in [0.15, 0.2) is 5.60 Å². The average molecular weight is 452 g/mol. The fraction of sp³-hybridized carbons (Fsp3) is 0.348. The standard InChI is InChI=1S/C23H25N5O3S/c1-15-14-26-22(24)28-20(15)27-18-13-16(5-8-23(2,29)21-25-9-12-32-21)3-4-19(18)31-17-6-10-30-11-7-17/h3-4,9,12-14,17,29H,6-7,10-11H2,1-2H3,(H3,24,26,27,28). The Hall–Kier alpha value is -3.19. The number of anilines is 3. The zero-order valence-corrected chi connectivity index (χ0v) is 18.8. The molecule has 1 saturated heterocycles. The summed E-state index contributed by atoms with van der Waals surface area (Å²) in [5, 5.41) is 16.3. The fourth-order valence-electron chi connectivity index (χ4n) is 3.20. The molecule has 4 N–H and O–H groups in total. The van der Waals surface area contributed by atoms with Gasteiger partial charge >= 0.3 is 0 Å². The number of nitrogens with one attached hydrogen (secondary N) is 1. The first-order valence-electron chi connectivity index (χ1n) is 10.3. The van der Waals surface area contributed by atoms with Crippen molar-refractivity contribution in [1.29, 1.82) is 0 Å². The van der Waals surface area contributed by atoms with Crippen molar-refractivity contribution in [3.63, 3.8) is 0 Å². The van der Waals surface area contributed by atoms with E-state index in [1.54, 1.807) is 19.3 Å². The van der Waals surface area contributed by atoms with E-state index in [4.69, 9.17) is 15.2 Å². The van der Waals surface area contributed by atoms with Gasteiger partial charge in [-0.15, -0.1) is 11.3 Å². The van der Waals surface area contributed by atoms with Crippen LogP contribution in [0.2, 0.25) is 0 Å². The fourth-order valence-corrected chi connectivity index (χ4v) is 3.86. The van der Waals surface area contributed by atoms with Gasteiger partial charge < -0.3 is 25.6 Å². The number of nitrogens with two attached hydrogens (primary N) is 1. The molecule has 0 spiro atoms. The highest BCUT2D eigenvalue weighted by Gasteiger charge is 2.23. The normalized spacial score (nSPS) is 16.0. The van der Waals surface area contributed by atoms with E-state index in [1.807, 2.05) is 30.5 Å². The number of aliphatic hydroxyl groups is 1. The van der Waals surface area contributed by atoms with Crippen LogP contribution in [-0.2, 0) is 10.3 Å². The Balaban J connectivity index is 1.65. The van der Waals surface area contributed by atoms with Gasteiger partial charge in [-0.3, -0.25) is 0 Å². The summed E-state index contributed by atoms with van der Waals surface area (Å²) in [6, 6.07) is 5.61. The minimum absolute atomic E-state index is 0.0726. The van der Waals surface area contributed by atoms with Crippen LogP contribution >= 0.6 is 11.3 Å². The summed E-state index contributed by atoms with van der Waals surface area (Å²) in [6.45, 7) is 4.90. The molecule has 166 valence electrons. The van der Waals surface area contributed by atoms with Gasteiger partial charge in [-0.05, 0) is 32.0 Å². The van der Waals surface area contributed by atoms with Crippen molar-refractivity contribution < 1.29 is 14.6 Å². The molecular formula is C23H25N5O3S. The largest absolute Gasteiger partial charge is 0.488 e. The topological polar surface area (TPSA) is 115 Å². The van der Waals surface area contributed by atoms with Gasteiger partial charge in [0, 0.05) is 41.7 Å². The Kier molecular flexibility index (Phi) is 6.55. The van der Waals surface area contributed by atoms with E-state index in [0.717, 1.165) is 18.4 Å². The Morgan fingerprint density at radius 1 is 1.31 bits per heavy atom. The molecule has 9 heteroatoms. The number of thiazole rings is 1. The van der Waals surface area contributed by atoms with Gasteiger partial charge in [-0.25, -0.2) is 9.97 Å². The molecule has 1 unspecified atom stereocenters. The molecule has 1 fully saturated rings. The second-order valence-corrected chi connectivity index (χ2v) is 8.58. The molecule has 2 aromatic heterocycles. The quantitative estimate of drug-likeness (QED) is 0.506. The maximum Gasteiger partial charge on any atom is 0.221 e. The van der Waals surface area contributed by atoms with E-state index in [2.05, 4.69) is 32.1 Å². The first-order valence-corrected chi connectivity index (χ1v) is 11.2. The van der Waals surface area contributed by atoms with Crippen molar-refractivity contribution in [3.05, 3.63) is 52.1 Å². The van der Waals surface area contributed by atoms with Gasteiger partial charge in [-0.2, -0.15) is 4.98 Å². The molecular weight excluding hydrogens is 426 g/mol. The highest BCUT2D eigenvalue weighted by atomic mass is 32.1. The molecule has 3 heterocycles. The number of hydrogen-bond donors (Lipinski definition) is 3. The summed E-state index contributed by atoms with van der Waals surface area (Å²) in [4.78, 5) is 12.5. The van der Waals surface area contributed by atoms with Crippen LogP contribution in [0.25, 0.3) is 0 Å². The Labute approximate surface area is 190 Å². The maximum atomic E-state index is 10.7. The van der Waals surface area contributed by atoms with Gasteiger partial charge in [-0.1, -0.05) is 11.8 Å². The zero-order valence-electron chi connectivity index (χ0n) is 18.0. The number of nitrogens with zero attached hydrogens (tertiary/aromatic N) is 3. The number of aryl methyl sites for hydroxylation is 1. The molecule has 4 rings (SSSR count). The van der Waals surface area contributed by atoms with E-state index in [1.165, 1.54) is 11.3 Å². The second-order valence-electron chi connectivity index (χ2n) is 7.68. The number of rotatable bonds is 5. The van der Waals surface area contributed by atoms with Crippen LogP contribution in [0.5, 0.6) is 5.75 Å². The first-order chi connectivity index (χ1) is 15.4.